The lowest BCUT2D eigenvalue weighted by Gasteiger charge is -2.35. The maximum Gasteiger partial charge on any atom is 0.310 e. The summed E-state index contributed by atoms with van der Waals surface area (Å²) in [4.78, 5) is 13.3. The Balaban J connectivity index is 1.94. The van der Waals surface area contributed by atoms with E-state index in [0.29, 0.717) is 13.2 Å². The third kappa shape index (κ3) is 2.32. The largest absolute Gasteiger partial charge is 0.481 e. The number of carboxylic acid groups (broad SMARTS) is 1. The van der Waals surface area contributed by atoms with Crippen molar-refractivity contribution >= 4 is 5.97 Å². The van der Waals surface area contributed by atoms with Gasteiger partial charge in [-0.15, -0.1) is 0 Å². The van der Waals surface area contributed by atoms with Crippen LogP contribution in [-0.4, -0.2) is 48.3 Å². The molecule has 1 N–H and O–H groups in total. The van der Waals surface area contributed by atoms with Crippen LogP contribution in [0.25, 0.3) is 0 Å². The molecule has 0 spiro atoms. The topological polar surface area (TPSA) is 49.8 Å². The summed E-state index contributed by atoms with van der Waals surface area (Å²) in [6.07, 6.45) is 2.37. The monoisotopic (exact) mass is 213 g/mol. The van der Waals surface area contributed by atoms with Crippen molar-refractivity contribution in [2.45, 2.75) is 25.8 Å². The fourth-order valence-electron chi connectivity index (χ4n) is 2.50. The van der Waals surface area contributed by atoms with Crippen LogP contribution in [-0.2, 0) is 9.53 Å². The first-order valence-electron chi connectivity index (χ1n) is 5.73. The third-order valence-corrected chi connectivity index (χ3v) is 3.65. The van der Waals surface area contributed by atoms with E-state index in [0.717, 1.165) is 19.0 Å². The van der Waals surface area contributed by atoms with E-state index in [-0.39, 0.29) is 12.0 Å². The van der Waals surface area contributed by atoms with Gasteiger partial charge in [0.25, 0.3) is 0 Å². The highest BCUT2D eigenvalue weighted by Crippen LogP contribution is 2.25. The van der Waals surface area contributed by atoms with Crippen molar-refractivity contribution in [2.75, 3.05) is 26.3 Å². The van der Waals surface area contributed by atoms with Crippen molar-refractivity contribution in [3.8, 4) is 0 Å². The van der Waals surface area contributed by atoms with Crippen LogP contribution in [0.15, 0.2) is 0 Å². The highest BCUT2D eigenvalue weighted by atomic mass is 16.5. The highest BCUT2D eigenvalue weighted by molar-refractivity contribution is 5.71. The maximum absolute atomic E-state index is 11.0. The molecule has 2 atom stereocenters. The van der Waals surface area contributed by atoms with E-state index >= 15 is 0 Å². The molecule has 4 nitrogen and oxygen atoms in total. The summed E-state index contributed by atoms with van der Waals surface area (Å²) in [5, 5.41) is 9.06. The predicted octanol–water partition coefficient (Wildman–Crippen LogP) is 0.818. The van der Waals surface area contributed by atoms with Gasteiger partial charge in [-0.2, -0.15) is 0 Å². The average molecular weight is 213 g/mol. The number of piperidine rings is 1. The van der Waals surface area contributed by atoms with Gasteiger partial charge >= 0.3 is 5.97 Å². The molecule has 0 aliphatic carbocycles. The summed E-state index contributed by atoms with van der Waals surface area (Å²) in [7, 11) is 0. The minimum absolute atomic E-state index is 0.106. The van der Waals surface area contributed by atoms with Crippen molar-refractivity contribution in [1.29, 1.82) is 0 Å². The normalized spacial score (nSPS) is 34.5. The van der Waals surface area contributed by atoms with Crippen LogP contribution < -0.4 is 0 Å². The van der Waals surface area contributed by atoms with Crippen molar-refractivity contribution in [1.82, 2.24) is 4.90 Å². The molecule has 15 heavy (non-hydrogen) atoms. The fourth-order valence-corrected chi connectivity index (χ4v) is 2.50. The number of ether oxygens (including phenoxy) is 1. The van der Waals surface area contributed by atoms with Gasteiger partial charge in [-0.05, 0) is 31.8 Å². The molecule has 2 heterocycles. The Hall–Kier alpha value is -0.610. The quantitative estimate of drug-likeness (QED) is 0.737. The molecule has 86 valence electrons. The van der Waals surface area contributed by atoms with Gasteiger partial charge in [0.05, 0.1) is 19.1 Å². The number of likely N-dealkylation sites (tertiary alicyclic amines) is 1. The molecule has 2 fully saturated rings. The number of hydrogen-bond donors (Lipinski definition) is 1. The Morgan fingerprint density at radius 2 is 2.00 bits per heavy atom. The Morgan fingerprint density at radius 3 is 2.60 bits per heavy atom. The minimum Gasteiger partial charge on any atom is -0.481 e. The molecule has 0 aromatic rings. The second-order valence-electron chi connectivity index (χ2n) is 4.77. The molecule has 0 radical (unpaired) electrons. The lowest BCUT2D eigenvalue weighted by molar-refractivity contribution is -0.143. The number of carbonyl (C=O) groups is 1. The van der Waals surface area contributed by atoms with E-state index in [9.17, 15) is 4.79 Å². The smallest absolute Gasteiger partial charge is 0.310 e. The van der Waals surface area contributed by atoms with Gasteiger partial charge in [0.1, 0.15) is 0 Å². The predicted molar refractivity (Wildman–Crippen MR) is 55.7 cm³/mol. The zero-order valence-electron chi connectivity index (χ0n) is 9.19. The molecule has 2 rings (SSSR count). The standard InChI is InChI=1S/C11H19NO3/c1-8-2-4-12(5-3-8)10-7-15-6-9(10)11(13)14/h8-10H,2-7H2,1H3,(H,13,14). The van der Waals surface area contributed by atoms with E-state index in [1.807, 2.05) is 0 Å². The summed E-state index contributed by atoms with van der Waals surface area (Å²) in [6, 6.07) is 0.106. The van der Waals surface area contributed by atoms with E-state index in [2.05, 4.69) is 11.8 Å². The zero-order valence-corrected chi connectivity index (χ0v) is 9.19. The number of aliphatic carboxylic acids is 1. The molecular formula is C11H19NO3. The maximum atomic E-state index is 11.0. The number of hydrogen-bond acceptors (Lipinski definition) is 3. The van der Waals surface area contributed by atoms with E-state index in [1.165, 1.54) is 12.8 Å². The zero-order chi connectivity index (χ0) is 10.8. The van der Waals surface area contributed by atoms with Gasteiger partial charge in [0, 0.05) is 6.04 Å². The molecular weight excluding hydrogens is 194 g/mol. The average Bonchev–Trinajstić information content (AvgIpc) is 2.67. The molecule has 0 amide bonds. The van der Waals surface area contributed by atoms with Gasteiger partial charge in [-0.3, -0.25) is 9.69 Å². The summed E-state index contributed by atoms with van der Waals surface area (Å²) < 4.78 is 5.29. The van der Waals surface area contributed by atoms with E-state index in [1.54, 1.807) is 0 Å². The Kier molecular flexibility index (Phi) is 3.26. The molecule has 0 aromatic heterocycles. The van der Waals surface area contributed by atoms with Gasteiger partial charge in [0.2, 0.25) is 0 Å². The molecule has 2 unspecified atom stereocenters. The summed E-state index contributed by atoms with van der Waals surface area (Å²) in [5.41, 5.74) is 0. The van der Waals surface area contributed by atoms with Crippen LogP contribution in [0.2, 0.25) is 0 Å². The van der Waals surface area contributed by atoms with Crippen molar-refractivity contribution < 1.29 is 14.6 Å². The first-order valence-corrected chi connectivity index (χ1v) is 5.73. The number of rotatable bonds is 2. The molecule has 0 saturated carbocycles. The second-order valence-corrected chi connectivity index (χ2v) is 4.77. The third-order valence-electron chi connectivity index (χ3n) is 3.65. The van der Waals surface area contributed by atoms with Crippen molar-refractivity contribution in [3.05, 3.63) is 0 Å². The van der Waals surface area contributed by atoms with Crippen LogP contribution in [0.4, 0.5) is 0 Å². The Morgan fingerprint density at radius 1 is 1.33 bits per heavy atom. The van der Waals surface area contributed by atoms with Crippen molar-refractivity contribution in [2.24, 2.45) is 11.8 Å². The lowest BCUT2D eigenvalue weighted by atomic mass is 9.95. The van der Waals surface area contributed by atoms with Crippen LogP contribution >= 0.6 is 0 Å². The molecule has 0 aromatic carbocycles. The molecule has 2 aliphatic rings. The van der Waals surface area contributed by atoms with Crippen LogP contribution in [0.3, 0.4) is 0 Å². The van der Waals surface area contributed by atoms with Crippen molar-refractivity contribution in [3.63, 3.8) is 0 Å². The molecule has 4 heteroatoms. The summed E-state index contributed by atoms with van der Waals surface area (Å²) in [5.74, 6) is -0.249. The van der Waals surface area contributed by atoms with Gasteiger partial charge in [-0.25, -0.2) is 0 Å². The molecule has 2 saturated heterocycles. The van der Waals surface area contributed by atoms with Crippen LogP contribution in [0.1, 0.15) is 19.8 Å². The lowest BCUT2D eigenvalue weighted by Crippen LogP contribution is -2.46. The Labute approximate surface area is 90.2 Å². The highest BCUT2D eigenvalue weighted by Gasteiger charge is 2.38. The van der Waals surface area contributed by atoms with E-state index < -0.39 is 5.97 Å². The van der Waals surface area contributed by atoms with Crippen LogP contribution in [0.5, 0.6) is 0 Å². The second kappa shape index (κ2) is 4.49. The van der Waals surface area contributed by atoms with Gasteiger partial charge in [0.15, 0.2) is 0 Å². The molecule has 0 bridgehead atoms. The first kappa shape index (κ1) is 10.9. The number of carboxylic acids is 1. The van der Waals surface area contributed by atoms with Crippen LogP contribution in [0, 0.1) is 11.8 Å². The fraction of sp³-hybridized carbons (Fsp3) is 0.909. The van der Waals surface area contributed by atoms with E-state index in [4.69, 9.17) is 9.84 Å². The van der Waals surface area contributed by atoms with Gasteiger partial charge < -0.3 is 9.84 Å². The first-order chi connectivity index (χ1) is 7.18. The van der Waals surface area contributed by atoms with Gasteiger partial charge in [-0.1, -0.05) is 6.92 Å². The number of nitrogens with zero attached hydrogens (tertiary/aromatic N) is 1. The molecule has 2 aliphatic heterocycles. The summed E-state index contributed by atoms with van der Waals surface area (Å²) in [6.45, 7) is 5.28. The summed E-state index contributed by atoms with van der Waals surface area (Å²) >= 11 is 0. The SMILES string of the molecule is CC1CCN(C2COCC2C(=O)O)CC1. The minimum atomic E-state index is -0.712. The Bertz CT molecular complexity index is 236.